The summed E-state index contributed by atoms with van der Waals surface area (Å²) in [7, 11) is 0. The number of nitrogens with zero attached hydrogens (tertiary/aromatic N) is 2. The fraction of sp³-hybridized carbons (Fsp3) is 0.318. The molecule has 2 N–H and O–H groups in total. The van der Waals surface area contributed by atoms with Gasteiger partial charge in [0.05, 0.1) is 13.1 Å². The molecule has 0 bridgehead atoms. The zero-order valence-electron chi connectivity index (χ0n) is 17.1. The molecule has 29 heavy (non-hydrogen) atoms. The number of hydrogen-bond donors (Lipinski definition) is 2. The Balaban J connectivity index is 1.92. The van der Waals surface area contributed by atoms with Crippen molar-refractivity contribution >= 4 is 34.8 Å². The quantitative estimate of drug-likeness (QED) is 0.683. The molecule has 0 aliphatic rings. The number of hydrogen-bond acceptors (Lipinski definition) is 4. The zero-order valence-corrected chi connectivity index (χ0v) is 17.1. The zero-order chi connectivity index (χ0) is 21.2. The van der Waals surface area contributed by atoms with Gasteiger partial charge in [-0.1, -0.05) is 25.1 Å². The van der Waals surface area contributed by atoms with E-state index in [1.807, 2.05) is 44.2 Å². The van der Waals surface area contributed by atoms with Crippen molar-refractivity contribution in [2.24, 2.45) is 0 Å². The molecule has 0 saturated carbocycles. The highest BCUT2D eigenvalue weighted by Crippen LogP contribution is 2.15. The minimum atomic E-state index is -0.199. The predicted octanol–water partition coefficient (Wildman–Crippen LogP) is 2.96. The van der Waals surface area contributed by atoms with E-state index in [9.17, 15) is 14.4 Å². The molecule has 154 valence electrons. The molecule has 0 unspecified atom stereocenters. The van der Waals surface area contributed by atoms with E-state index in [0.29, 0.717) is 24.5 Å². The molecule has 0 fully saturated rings. The molecule has 7 nitrogen and oxygen atoms in total. The molecule has 0 radical (unpaired) electrons. The fourth-order valence-electron chi connectivity index (χ4n) is 2.91. The van der Waals surface area contributed by atoms with Gasteiger partial charge >= 0.3 is 0 Å². The Hall–Kier alpha value is -3.19. The Kier molecular flexibility index (Phi) is 8.36. The van der Waals surface area contributed by atoms with Crippen LogP contribution in [0.25, 0.3) is 0 Å². The lowest BCUT2D eigenvalue weighted by molar-refractivity contribution is -0.121. The average Bonchev–Trinajstić information content (AvgIpc) is 2.70. The van der Waals surface area contributed by atoms with Gasteiger partial charge in [-0.25, -0.2) is 0 Å². The summed E-state index contributed by atoms with van der Waals surface area (Å²) in [5.74, 6) is -0.399. The molecule has 0 atom stereocenters. The van der Waals surface area contributed by atoms with Gasteiger partial charge in [-0.2, -0.15) is 0 Å². The number of rotatable bonds is 9. The summed E-state index contributed by atoms with van der Waals surface area (Å²) in [6.07, 6.45) is 0. The van der Waals surface area contributed by atoms with E-state index in [0.717, 1.165) is 5.69 Å². The van der Waals surface area contributed by atoms with Crippen LogP contribution in [-0.2, 0) is 14.4 Å². The van der Waals surface area contributed by atoms with Crippen LogP contribution < -0.4 is 15.5 Å². The molecule has 0 aliphatic heterocycles. The number of amides is 3. The van der Waals surface area contributed by atoms with Crippen LogP contribution in [0.3, 0.4) is 0 Å². The molecule has 0 heterocycles. The molecule has 0 saturated heterocycles. The Bertz CT molecular complexity index is 822. The summed E-state index contributed by atoms with van der Waals surface area (Å²) in [5.41, 5.74) is 2.14. The van der Waals surface area contributed by atoms with Crippen molar-refractivity contribution in [2.75, 3.05) is 41.7 Å². The summed E-state index contributed by atoms with van der Waals surface area (Å²) < 4.78 is 0. The number of nitrogens with one attached hydrogen (secondary N) is 2. The van der Waals surface area contributed by atoms with Gasteiger partial charge in [-0.15, -0.1) is 0 Å². The first-order chi connectivity index (χ1) is 13.9. The van der Waals surface area contributed by atoms with Crippen molar-refractivity contribution in [1.29, 1.82) is 0 Å². The Morgan fingerprint density at radius 2 is 1.38 bits per heavy atom. The van der Waals surface area contributed by atoms with Crippen molar-refractivity contribution in [3.63, 3.8) is 0 Å². The number of likely N-dealkylation sites (N-methyl/N-ethyl adjacent to an activating group) is 2. The van der Waals surface area contributed by atoms with Crippen LogP contribution in [0.5, 0.6) is 0 Å². The third kappa shape index (κ3) is 7.04. The maximum absolute atomic E-state index is 12.7. The molecule has 3 amide bonds. The van der Waals surface area contributed by atoms with Crippen molar-refractivity contribution in [3.8, 4) is 0 Å². The largest absolute Gasteiger partial charge is 0.326 e. The van der Waals surface area contributed by atoms with Crippen molar-refractivity contribution < 1.29 is 14.4 Å². The van der Waals surface area contributed by atoms with Crippen molar-refractivity contribution in [1.82, 2.24) is 4.90 Å². The maximum atomic E-state index is 12.7. The van der Waals surface area contributed by atoms with Crippen LogP contribution in [-0.4, -0.2) is 48.8 Å². The second-order valence-electron chi connectivity index (χ2n) is 6.58. The Morgan fingerprint density at radius 3 is 1.90 bits per heavy atom. The summed E-state index contributed by atoms with van der Waals surface area (Å²) in [4.78, 5) is 39.7. The van der Waals surface area contributed by atoms with E-state index in [2.05, 4.69) is 10.6 Å². The van der Waals surface area contributed by atoms with Crippen LogP contribution in [0.2, 0.25) is 0 Å². The van der Waals surface area contributed by atoms with Crippen LogP contribution in [0.15, 0.2) is 54.6 Å². The van der Waals surface area contributed by atoms with Gasteiger partial charge in [0.1, 0.15) is 0 Å². The second kappa shape index (κ2) is 11.0. The molecular formula is C22H28N4O3. The van der Waals surface area contributed by atoms with Crippen LogP contribution in [0, 0.1) is 0 Å². The van der Waals surface area contributed by atoms with Crippen LogP contribution in [0.1, 0.15) is 20.8 Å². The first kappa shape index (κ1) is 22.1. The first-order valence-corrected chi connectivity index (χ1v) is 9.68. The van der Waals surface area contributed by atoms with E-state index < -0.39 is 0 Å². The monoisotopic (exact) mass is 396 g/mol. The van der Waals surface area contributed by atoms with Crippen molar-refractivity contribution in [2.45, 2.75) is 20.8 Å². The van der Waals surface area contributed by atoms with E-state index in [1.165, 1.54) is 6.92 Å². The SMILES string of the molecule is CCN(CC(=O)Nc1ccc(NC(C)=O)cc1)CC(=O)N(CC)c1ccccc1. The number of carbonyl (C=O) groups excluding carboxylic acids is 3. The van der Waals surface area contributed by atoms with E-state index >= 15 is 0 Å². The highest BCUT2D eigenvalue weighted by molar-refractivity contribution is 5.96. The van der Waals surface area contributed by atoms with Gasteiger partial charge in [0.2, 0.25) is 17.7 Å². The Labute approximate surface area is 171 Å². The van der Waals surface area contributed by atoms with Gasteiger partial charge in [-0.3, -0.25) is 19.3 Å². The van der Waals surface area contributed by atoms with Crippen molar-refractivity contribution in [3.05, 3.63) is 54.6 Å². The van der Waals surface area contributed by atoms with Gasteiger partial charge in [0, 0.05) is 30.5 Å². The van der Waals surface area contributed by atoms with Gasteiger partial charge in [0.15, 0.2) is 0 Å². The highest BCUT2D eigenvalue weighted by Gasteiger charge is 2.18. The fourth-order valence-corrected chi connectivity index (χ4v) is 2.91. The molecular weight excluding hydrogens is 368 g/mol. The lowest BCUT2D eigenvalue weighted by Crippen LogP contribution is -2.43. The third-order valence-electron chi connectivity index (χ3n) is 4.35. The molecule has 2 aromatic rings. The van der Waals surface area contributed by atoms with Crippen LogP contribution in [0.4, 0.5) is 17.1 Å². The van der Waals surface area contributed by atoms with E-state index in [1.54, 1.807) is 34.1 Å². The number of benzene rings is 2. The summed E-state index contributed by atoms with van der Waals surface area (Å²) in [5, 5.41) is 5.49. The first-order valence-electron chi connectivity index (χ1n) is 9.68. The topological polar surface area (TPSA) is 81.8 Å². The summed E-state index contributed by atoms with van der Waals surface area (Å²) in [6, 6.07) is 16.4. The molecule has 2 rings (SSSR count). The molecule has 7 heteroatoms. The van der Waals surface area contributed by atoms with Gasteiger partial charge in [-0.05, 0) is 49.9 Å². The average molecular weight is 396 g/mol. The van der Waals surface area contributed by atoms with E-state index in [4.69, 9.17) is 0 Å². The lowest BCUT2D eigenvalue weighted by Gasteiger charge is -2.25. The summed E-state index contributed by atoms with van der Waals surface area (Å²) in [6.45, 7) is 6.70. The number of anilines is 3. The standard InChI is InChI=1S/C22H28N4O3/c1-4-25(16-22(29)26(5-2)20-9-7-6-8-10-20)15-21(28)24-19-13-11-18(12-14-19)23-17(3)27/h6-14H,4-5,15-16H2,1-3H3,(H,23,27)(H,24,28). The minimum absolute atomic E-state index is 0.0481. The number of para-hydroxylation sites is 1. The smallest absolute Gasteiger partial charge is 0.241 e. The Morgan fingerprint density at radius 1 is 0.793 bits per heavy atom. The predicted molar refractivity (Wildman–Crippen MR) is 116 cm³/mol. The van der Waals surface area contributed by atoms with E-state index in [-0.39, 0.29) is 30.8 Å². The lowest BCUT2D eigenvalue weighted by atomic mass is 10.2. The highest BCUT2D eigenvalue weighted by atomic mass is 16.2. The second-order valence-corrected chi connectivity index (χ2v) is 6.58. The normalized spacial score (nSPS) is 10.5. The minimum Gasteiger partial charge on any atom is -0.326 e. The molecule has 2 aromatic carbocycles. The number of carbonyl (C=O) groups is 3. The molecule has 0 aliphatic carbocycles. The van der Waals surface area contributed by atoms with Crippen LogP contribution >= 0.6 is 0 Å². The van der Waals surface area contributed by atoms with Gasteiger partial charge in [0.25, 0.3) is 0 Å². The van der Waals surface area contributed by atoms with Gasteiger partial charge < -0.3 is 15.5 Å². The third-order valence-corrected chi connectivity index (χ3v) is 4.35. The molecule has 0 spiro atoms. The molecule has 0 aromatic heterocycles. The summed E-state index contributed by atoms with van der Waals surface area (Å²) >= 11 is 0. The maximum Gasteiger partial charge on any atom is 0.241 e.